The molecule has 128 valence electrons. The number of rotatable bonds is 17. The number of carboxylic acids is 1. The molecule has 4 heteroatoms. The van der Waals surface area contributed by atoms with Gasteiger partial charge in [0.05, 0.1) is 0 Å². The molecule has 3 nitrogen and oxygen atoms in total. The monoisotopic (exact) mass is 315 g/mol. The number of nitrogens with zero attached hydrogens (tertiary/aromatic N) is 1. The van der Waals surface area contributed by atoms with Gasteiger partial charge in [0.2, 0.25) is 0 Å². The van der Waals surface area contributed by atoms with Gasteiger partial charge in [-0.1, -0.05) is 37.8 Å². The van der Waals surface area contributed by atoms with Crippen LogP contribution < -0.4 is 24.0 Å². The second-order valence-corrected chi connectivity index (χ2v) is 5.95. The molecule has 0 fully saturated rings. The molecule has 0 aromatic carbocycles. The van der Waals surface area contributed by atoms with Crippen molar-refractivity contribution < 1.29 is 28.8 Å². The van der Waals surface area contributed by atoms with Crippen LogP contribution in [0, 0.1) is 0 Å². The summed E-state index contributed by atoms with van der Waals surface area (Å²) in [6.07, 6.45) is 15.9. The zero-order chi connectivity index (χ0) is 16.5. The summed E-state index contributed by atoms with van der Waals surface area (Å²) >= 11 is 0. The Morgan fingerprint density at radius 3 is 1.61 bits per heavy atom. The van der Waals surface area contributed by atoms with E-state index in [2.05, 4.69) is 18.1 Å². The molecule has 0 amide bonds. The molecule has 0 aliphatic carbocycles. The normalized spacial score (nSPS) is 10.3. The minimum Gasteiger partial charge on any atom is -0.550 e. The Morgan fingerprint density at radius 2 is 1.22 bits per heavy atom. The first-order valence-electron chi connectivity index (χ1n) is 8.84. The Balaban J connectivity index is 0. The van der Waals surface area contributed by atoms with Crippen molar-refractivity contribution in [3.8, 4) is 0 Å². The predicted molar refractivity (Wildman–Crippen MR) is 92.6 cm³/mol. The number of hydrogen-bond acceptors (Lipinski definition) is 3. The van der Waals surface area contributed by atoms with Gasteiger partial charge in [-0.15, -0.1) is 13.2 Å². The second-order valence-electron chi connectivity index (χ2n) is 5.95. The number of carboxylic acid groups (broad SMARTS) is 1. The number of hydrogen-bond donors (Lipinski definition) is 0. The van der Waals surface area contributed by atoms with E-state index in [1.807, 2.05) is 12.2 Å². The molecule has 0 radical (unpaired) electrons. The Bertz CT molecular complexity index is 275. The van der Waals surface area contributed by atoms with Crippen LogP contribution in [0.3, 0.4) is 0 Å². The van der Waals surface area contributed by atoms with Crippen LogP contribution in [0.15, 0.2) is 25.3 Å². The molecule has 0 atom stereocenters. The number of carbonyl (C=O) groups is 1. The van der Waals surface area contributed by atoms with Gasteiger partial charge in [-0.05, 0) is 58.0 Å². The fourth-order valence-electron chi connectivity index (χ4n) is 2.54. The van der Waals surface area contributed by atoms with E-state index < -0.39 is 5.97 Å². The van der Waals surface area contributed by atoms with Gasteiger partial charge in [0, 0.05) is 12.5 Å². The van der Waals surface area contributed by atoms with E-state index in [1.165, 1.54) is 38.5 Å². The maximum absolute atomic E-state index is 10.6. The Labute approximate surface area is 155 Å². The van der Waals surface area contributed by atoms with Crippen molar-refractivity contribution in [1.29, 1.82) is 0 Å². The quantitative estimate of drug-likeness (QED) is 0.225. The zero-order valence-electron chi connectivity index (χ0n) is 15.2. The predicted octanol–water partition coefficient (Wildman–Crippen LogP) is 0.705. The third kappa shape index (κ3) is 19.5. The summed E-state index contributed by atoms with van der Waals surface area (Å²) in [5.74, 6) is -0.943. The molecule has 0 spiro atoms. The Hall–Kier alpha value is -0.493. The molecule has 0 bridgehead atoms. The molecule has 0 N–H and O–H groups in total. The molecular formula is C19H34LiNO2. The van der Waals surface area contributed by atoms with Crippen molar-refractivity contribution >= 4 is 5.97 Å². The number of aliphatic carboxylic acids is 1. The number of carbonyl (C=O) groups excluding carboxylic acids is 1. The minimum absolute atomic E-state index is 0. The molecule has 0 aliphatic heterocycles. The van der Waals surface area contributed by atoms with Crippen LogP contribution in [-0.2, 0) is 4.79 Å². The van der Waals surface area contributed by atoms with E-state index >= 15 is 0 Å². The van der Waals surface area contributed by atoms with Crippen molar-refractivity contribution in [2.45, 2.75) is 70.6 Å². The van der Waals surface area contributed by atoms with Crippen molar-refractivity contribution in [2.75, 3.05) is 19.6 Å². The van der Waals surface area contributed by atoms with Gasteiger partial charge in [0.1, 0.15) is 0 Å². The Morgan fingerprint density at radius 1 is 0.783 bits per heavy atom. The van der Waals surface area contributed by atoms with E-state index in [0.29, 0.717) is 6.54 Å². The van der Waals surface area contributed by atoms with E-state index in [4.69, 9.17) is 0 Å². The SMILES string of the molecule is C=CCCCCCCN(CCCCCCC=C)CCC(=O)[O-].[Li+]. The van der Waals surface area contributed by atoms with Crippen LogP contribution >= 0.6 is 0 Å². The van der Waals surface area contributed by atoms with Crippen LogP contribution in [0.4, 0.5) is 0 Å². The first-order valence-corrected chi connectivity index (χ1v) is 8.84. The van der Waals surface area contributed by atoms with Crippen molar-refractivity contribution in [3.05, 3.63) is 25.3 Å². The van der Waals surface area contributed by atoms with Crippen LogP contribution in [0.25, 0.3) is 0 Å². The first kappa shape index (κ1) is 24.8. The third-order valence-electron chi connectivity index (χ3n) is 3.90. The van der Waals surface area contributed by atoms with E-state index in [0.717, 1.165) is 38.8 Å². The maximum Gasteiger partial charge on any atom is 1.00 e. The average molecular weight is 315 g/mol. The van der Waals surface area contributed by atoms with Crippen molar-refractivity contribution in [1.82, 2.24) is 4.90 Å². The molecule has 0 rings (SSSR count). The van der Waals surface area contributed by atoms with Crippen LogP contribution in [-0.4, -0.2) is 30.5 Å². The maximum atomic E-state index is 10.6. The molecule has 23 heavy (non-hydrogen) atoms. The fourth-order valence-corrected chi connectivity index (χ4v) is 2.54. The molecule has 0 unspecified atom stereocenters. The van der Waals surface area contributed by atoms with Crippen LogP contribution in [0.5, 0.6) is 0 Å². The topological polar surface area (TPSA) is 43.4 Å². The van der Waals surface area contributed by atoms with Gasteiger partial charge in [0.25, 0.3) is 0 Å². The van der Waals surface area contributed by atoms with Gasteiger partial charge in [0.15, 0.2) is 0 Å². The molecule has 0 saturated carbocycles. The molecule has 0 aliphatic rings. The molecule has 0 saturated heterocycles. The summed E-state index contributed by atoms with van der Waals surface area (Å²) in [5, 5.41) is 10.6. The summed E-state index contributed by atoms with van der Waals surface area (Å²) in [6.45, 7) is 10.1. The summed E-state index contributed by atoms with van der Waals surface area (Å²) in [4.78, 5) is 12.9. The largest absolute Gasteiger partial charge is 1.00 e. The van der Waals surface area contributed by atoms with Gasteiger partial charge in [-0.2, -0.15) is 0 Å². The molecule has 0 heterocycles. The summed E-state index contributed by atoms with van der Waals surface area (Å²) in [7, 11) is 0. The third-order valence-corrected chi connectivity index (χ3v) is 3.90. The van der Waals surface area contributed by atoms with E-state index in [-0.39, 0.29) is 25.3 Å². The summed E-state index contributed by atoms with van der Waals surface area (Å²) in [5.41, 5.74) is 0. The summed E-state index contributed by atoms with van der Waals surface area (Å²) < 4.78 is 0. The van der Waals surface area contributed by atoms with E-state index in [9.17, 15) is 9.90 Å². The van der Waals surface area contributed by atoms with Crippen LogP contribution in [0.2, 0.25) is 0 Å². The fraction of sp³-hybridized carbons (Fsp3) is 0.737. The second kappa shape index (κ2) is 19.6. The van der Waals surface area contributed by atoms with Gasteiger partial charge in [-0.25, -0.2) is 0 Å². The molecular weight excluding hydrogens is 281 g/mol. The number of unbranched alkanes of at least 4 members (excludes halogenated alkanes) is 8. The zero-order valence-corrected chi connectivity index (χ0v) is 15.2. The number of allylic oxidation sites excluding steroid dienone is 2. The molecule has 0 aromatic heterocycles. The smallest absolute Gasteiger partial charge is 0.550 e. The minimum atomic E-state index is -0.943. The van der Waals surface area contributed by atoms with Crippen LogP contribution in [0.1, 0.15) is 70.6 Å². The average Bonchev–Trinajstić information content (AvgIpc) is 2.50. The van der Waals surface area contributed by atoms with Gasteiger partial charge >= 0.3 is 18.9 Å². The van der Waals surface area contributed by atoms with Crippen molar-refractivity contribution in [3.63, 3.8) is 0 Å². The Kier molecular flexibility index (Phi) is 21.0. The van der Waals surface area contributed by atoms with Gasteiger partial charge in [-0.3, -0.25) is 0 Å². The van der Waals surface area contributed by atoms with E-state index in [1.54, 1.807) is 0 Å². The first-order chi connectivity index (χ1) is 10.7. The van der Waals surface area contributed by atoms with Gasteiger partial charge < -0.3 is 14.8 Å². The van der Waals surface area contributed by atoms with Crippen molar-refractivity contribution in [2.24, 2.45) is 0 Å². The summed E-state index contributed by atoms with van der Waals surface area (Å²) in [6, 6.07) is 0. The standard InChI is InChI=1S/C19H35NO2.Li/c1-3-5-7-9-11-13-16-20(18-15-19(21)22)17-14-12-10-8-6-4-2;/h3-4H,1-2,5-18H2,(H,21,22);/q;+1/p-1. The molecule has 0 aromatic rings.